The lowest BCUT2D eigenvalue weighted by molar-refractivity contribution is -0.143. The summed E-state index contributed by atoms with van der Waals surface area (Å²) in [6, 6.07) is 6.43. The number of ether oxygens (including phenoxy) is 2. The Morgan fingerprint density at radius 1 is 1.33 bits per heavy atom. The highest BCUT2D eigenvalue weighted by atomic mass is 16.5. The van der Waals surface area contributed by atoms with E-state index >= 15 is 0 Å². The summed E-state index contributed by atoms with van der Waals surface area (Å²) in [6.07, 6.45) is 0.195. The van der Waals surface area contributed by atoms with Crippen LogP contribution in [0.3, 0.4) is 0 Å². The van der Waals surface area contributed by atoms with Gasteiger partial charge in [-0.15, -0.1) is 0 Å². The Kier molecular flexibility index (Phi) is 6.68. The van der Waals surface area contributed by atoms with Crippen LogP contribution in [-0.2, 0) is 14.3 Å². The molecule has 0 aliphatic carbocycles. The highest BCUT2D eigenvalue weighted by molar-refractivity contribution is 5.84. The maximum atomic E-state index is 11.9. The van der Waals surface area contributed by atoms with Gasteiger partial charge in [-0.05, 0) is 23.6 Å². The molecule has 2 N–H and O–H groups in total. The lowest BCUT2D eigenvalue weighted by Crippen LogP contribution is -2.44. The van der Waals surface area contributed by atoms with Gasteiger partial charge in [-0.1, -0.05) is 19.1 Å². The molecule has 0 bridgehead atoms. The summed E-state index contributed by atoms with van der Waals surface area (Å²) in [7, 11) is 2.97. The van der Waals surface area contributed by atoms with Crippen molar-refractivity contribution in [1.29, 1.82) is 0 Å². The third-order valence-electron chi connectivity index (χ3n) is 3.12. The van der Waals surface area contributed by atoms with Crippen LogP contribution in [0.1, 0.15) is 24.8 Å². The molecule has 0 aliphatic rings. The molecule has 0 heterocycles. The van der Waals surface area contributed by atoms with Crippen molar-refractivity contribution in [3.63, 3.8) is 0 Å². The molecule has 6 nitrogen and oxygen atoms in total. The van der Waals surface area contributed by atoms with Crippen LogP contribution < -0.4 is 10.1 Å². The van der Waals surface area contributed by atoms with E-state index in [1.165, 1.54) is 7.11 Å². The molecule has 0 fully saturated rings. The van der Waals surface area contributed by atoms with Gasteiger partial charge >= 0.3 is 5.97 Å². The van der Waals surface area contributed by atoms with Crippen molar-refractivity contribution >= 4 is 11.9 Å². The number of rotatable bonds is 8. The molecular formula is C15H21NO5. The van der Waals surface area contributed by atoms with Crippen molar-refractivity contribution in [3.8, 4) is 5.75 Å². The highest BCUT2D eigenvalue weighted by Gasteiger charge is 2.21. The second-order valence-corrected chi connectivity index (χ2v) is 4.80. The molecule has 0 spiro atoms. The van der Waals surface area contributed by atoms with Crippen molar-refractivity contribution in [3.05, 3.63) is 29.8 Å². The minimum absolute atomic E-state index is 0.0444. The van der Waals surface area contributed by atoms with E-state index in [9.17, 15) is 9.59 Å². The Labute approximate surface area is 124 Å². The lowest BCUT2D eigenvalue weighted by Gasteiger charge is -2.16. The van der Waals surface area contributed by atoms with E-state index in [0.29, 0.717) is 0 Å². The van der Waals surface area contributed by atoms with Crippen LogP contribution in [-0.4, -0.2) is 43.9 Å². The summed E-state index contributed by atoms with van der Waals surface area (Å²) >= 11 is 0. The molecule has 21 heavy (non-hydrogen) atoms. The Hall–Kier alpha value is -2.08. The number of nitrogens with one attached hydrogen (secondary N) is 1. The zero-order valence-corrected chi connectivity index (χ0v) is 12.5. The van der Waals surface area contributed by atoms with Gasteiger partial charge in [-0.3, -0.25) is 4.79 Å². The summed E-state index contributed by atoms with van der Waals surface area (Å²) < 4.78 is 9.92. The van der Waals surface area contributed by atoms with E-state index in [1.54, 1.807) is 7.11 Å². The summed E-state index contributed by atoms with van der Waals surface area (Å²) in [5, 5.41) is 11.4. The van der Waals surface area contributed by atoms with Gasteiger partial charge in [-0.2, -0.15) is 0 Å². The molecule has 0 saturated heterocycles. The van der Waals surface area contributed by atoms with Gasteiger partial charge < -0.3 is 19.9 Å². The van der Waals surface area contributed by atoms with Crippen molar-refractivity contribution in [2.75, 3.05) is 20.8 Å². The molecule has 1 aromatic rings. The first kappa shape index (κ1) is 17.0. The third-order valence-corrected chi connectivity index (χ3v) is 3.12. The van der Waals surface area contributed by atoms with E-state index in [2.05, 4.69) is 5.32 Å². The van der Waals surface area contributed by atoms with Crippen LogP contribution in [0, 0.1) is 0 Å². The molecule has 1 rings (SSSR count). The van der Waals surface area contributed by atoms with Gasteiger partial charge in [-0.25, -0.2) is 4.79 Å². The lowest BCUT2D eigenvalue weighted by atomic mass is 9.97. The van der Waals surface area contributed by atoms with Gasteiger partial charge in [0.25, 0.3) is 0 Å². The first-order valence-corrected chi connectivity index (χ1v) is 6.63. The summed E-state index contributed by atoms with van der Waals surface area (Å²) in [6.45, 7) is 1.84. The smallest absolute Gasteiger partial charge is 0.328 e. The maximum absolute atomic E-state index is 11.9. The topological polar surface area (TPSA) is 84.9 Å². The number of carbonyl (C=O) groups is 2. The molecule has 1 amide bonds. The number of amides is 1. The predicted octanol–water partition coefficient (Wildman–Crippen LogP) is 1.40. The maximum Gasteiger partial charge on any atom is 0.328 e. The van der Waals surface area contributed by atoms with E-state index in [-0.39, 0.29) is 24.9 Å². The zero-order valence-electron chi connectivity index (χ0n) is 12.5. The fraction of sp³-hybridized carbons (Fsp3) is 0.467. The van der Waals surface area contributed by atoms with Crippen molar-refractivity contribution in [2.24, 2.45) is 0 Å². The second kappa shape index (κ2) is 8.26. The molecule has 2 unspecified atom stereocenters. The fourth-order valence-electron chi connectivity index (χ4n) is 1.94. The van der Waals surface area contributed by atoms with Gasteiger partial charge in [0.1, 0.15) is 5.75 Å². The van der Waals surface area contributed by atoms with E-state index in [0.717, 1.165) is 11.3 Å². The highest BCUT2D eigenvalue weighted by Crippen LogP contribution is 2.23. The van der Waals surface area contributed by atoms with E-state index < -0.39 is 12.0 Å². The molecule has 0 radical (unpaired) electrons. The standard InChI is InChI=1S/C15H21NO5/c1-10(11-5-4-6-12(8-11)21-3)7-14(17)16-13(9-20-2)15(18)19/h4-6,8,10,13H,7,9H2,1-3H3,(H,16,17)(H,18,19). The van der Waals surface area contributed by atoms with Gasteiger partial charge in [0, 0.05) is 13.5 Å². The van der Waals surface area contributed by atoms with Gasteiger partial charge in [0.2, 0.25) is 5.91 Å². The number of methoxy groups -OCH3 is 2. The van der Waals surface area contributed by atoms with Crippen LogP contribution in [0.2, 0.25) is 0 Å². The minimum atomic E-state index is -1.11. The minimum Gasteiger partial charge on any atom is -0.497 e. The number of hydrogen-bond acceptors (Lipinski definition) is 4. The van der Waals surface area contributed by atoms with Gasteiger partial charge in [0.15, 0.2) is 6.04 Å². The molecular weight excluding hydrogens is 274 g/mol. The van der Waals surface area contributed by atoms with Crippen LogP contribution in [0.4, 0.5) is 0 Å². The SMILES string of the molecule is COCC(NC(=O)CC(C)c1cccc(OC)c1)C(=O)O. The third kappa shape index (κ3) is 5.43. The summed E-state index contributed by atoms with van der Waals surface area (Å²) in [4.78, 5) is 22.9. The number of carboxylic acids is 1. The van der Waals surface area contributed by atoms with Crippen molar-refractivity contribution < 1.29 is 24.2 Å². The number of aliphatic carboxylic acids is 1. The molecule has 116 valence electrons. The summed E-state index contributed by atoms with van der Waals surface area (Å²) in [5.41, 5.74) is 0.961. The van der Waals surface area contributed by atoms with Crippen molar-refractivity contribution in [2.45, 2.75) is 25.3 Å². The van der Waals surface area contributed by atoms with E-state index in [4.69, 9.17) is 14.6 Å². The van der Waals surface area contributed by atoms with Gasteiger partial charge in [0.05, 0.1) is 13.7 Å². The molecule has 0 aromatic heterocycles. The second-order valence-electron chi connectivity index (χ2n) is 4.80. The zero-order chi connectivity index (χ0) is 15.8. The number of hydrogen-bond donors (Lipinski definition) is 2. The monoisotopic (exact) mass is 295 g/mol. The molecule has 0 aliphatic heterocycles. The largest absolute Gasteiger partial charge is 0.497 e. The van der Waals surface area contributed by atoms with Crippen LogP contribution in [0.15, 0.2) is 24.3 Å². The first-order chi connectivity index (χ1) is 9.97. The van der Waals surface area contributed by atoms with Crippen LogP contribution >= 0.6 is 0 Å². The first-order valence-electron chi connectivity index (χ1n) is 6.63. The number of carboxylic acid groups (broad SMARTS) is 1. The normalized spacial score (nSPS) is 13.3. The Morgan fingerprint density at radius 3 is 2.62 bits per heavy atom. The Bertz CT molecular complexity index is 489. The fourth-order valence-corrected chi connectivity index (χ4v) is 1.94. The molecule has 0 saturated carbocycles. The molecule has 2 atom stereocenters. The Morgan fingerprint density at radius 2 is 2.05 bits per heavy atom. The average Bonchev–Trinajstić information content (AvgIpc) is 2.46. The summed E-state index contributed by atoms with van der Waals surface area (Å²) in [5.74, 6) is -0.756. The quantitative estimate of drug-likeness (QED) is 0.757. The van der Waals surface area contributed by atoms with Crippen LogP contribution in [0.25, 0.3) is 0 Å². The Balaban J connectivity index is 2.62. The number of benzene rings is 1. The van der Waals surface area contributed by atoms with E-state index in [1.807, 2.05) is 31.2 Å². The van der Waals surface area contributed by atoms with Crippen LogP contribution in [0.5, 0.6) is 5.75 Å². The molecule has 1 aromatic carbocycles. The number of carbonyl (C=O) groups excluding carboxylic acids is 1. The molecule has 6 heteroatoms. The average molecular weight is 295 g/mol. The van der Waals surface area contributed by atoms with Crippen molar-refractivity contribution in [1.82, 2.24) is 5.32 Å². The predicted molar refractivity (Wildman–Crippen MR) is 77.5 cm³/mol.